The lowest BCUT2D eigenvalue weighted by Gasteiger charge is -2.09. The summed E-state index contributed by atoms with van der Waals surface area (Å²) in [7, 11) is 0. The van der Waals surface area contributed by atoms with E-state index in [4.69, 9.17) is 0 Å². The largest absolute Gasteiger partial charge is 0.388 e. The van der Waals surface area contributed by atoms with Crippen molar-refractivity contribution in [3.8, 4) is 0 Å². The average Bonchev–Trinajstić information content (AvgIpc) is 2.78. The molecule has 70 valence electrons. The van der Waals surface area contributed by atoms with Crippen molar-refractivity contribution in [1.82, 2.24) is 0 Å². The Bertz CT molecular complexity index is 179. The van der Waals surface area contributed by atoms with Gasteiger partial charge in [0.2, 0.25) is 0 Å². The molecule has 1 nitrogen and oxygen atoms in total. The fourth-order valence-electron chi connectivity index (χ4n) is 1.54. The maximum absolute atomic E-state index is 9.68. The van der Waals surface area contributed by atoms with Crippen LogP contribution in [0.2, 0.25) is 0 Å². The van der Waals surface area contributed by atoms with Gasteiger partial charge in [0.05, 0.1) is 6.10 Å². The number of unbranched alkanes of at least 4 members (excludes halogenated alkanes) is 1. The number of rotatable bonds is 5. The summed E-state index contributed by atoms with van der Waals surface area (Å²) in [6.07, 6.45) is 4.71. The van der Waals surface area contributed by atoms with Gasteiger partial charge in [-0.25, -0.2) is 0 Å². The van der Waals surface area contributed by atoms with Crippen LogP contribution >= 0.6 is 0 Å². The molecule has 0 saturated carbocycles. The summed E-state index contributed by atoms with van der Waals surface area (Å²) in [5, 5.41) is 9.68. The molecule has 0 aromatic carbocycles. The van der Waals surface area contributed by atoms with Gasteiger partial charge in [-0.15, -0.1) is 0 Å². The Morgan fingerprint density at radius 1 is 1.42 bits per heavy atom. The molecule has 0 bridgehead atoms. The lowest BCUT2D eigenvalue weighted by molar-refractivity contribution is 0.164. The van der Waals surface area contributed by atoms with Gasteiger partial charge < -0.3 is 5.11 Å². The zero-order chi connectivity index (χ0) is 9.14. The van der Waals surface area contributed by atoms with E-state index in [1.807, 2.05) is 0 Å². The van der Waals surface area contributed by atoms with Crippen LogP contribution in [0.1, 0.15) is 46.5 Å². The zero-order valence-electron chi connectivity index (χ0n) is 8.43. The predicted molar refractivity (Wildman–Crippen MR) is 52.0 cm³/mol. The molecule has 0 unspecified atom stereocenters. The molecule has 0 saturated heterocycles. The minimum atomic E-state index is -0.156. The first kappa shape index (κ1) is 9.79. The first-order valence-electron chi connectivity index (χ1n) is 5.05. The van der Waals surface area contributed by atoms with Crippen LogP contribution in [0.4, 0.5) is 0 Å². The predicted octanol–water partition coefficient (Wildman–Crippen LogP) is 2.89. The van der Waals surface area contributed by atoms with Gasteiger partial charge in [-0.05, 0) is 30.8 Å². The Labute approximate surface area is 75.5 Å². The third-order valence-electron chi connectivity index (χ3n) is 2.55. The van der Waals surface area contributed by atoms with Gasteiger partial charge in [-0.3, -0.25) is 0 Å². The monoisotopic (exact) mass is 168 g/mol. The molecule has 0 amide bonds. The molecule has 1 aliphatic rings. The van der Waals surface area contributed by atoms with Crippen molar-refractivity contribution >= 4 is 0 Å². The minimum Gasteiger partial charge on any atom is -0.388 e. The Balaban J connectivity index is 2.32. The number of hydrogen-bond acceptors (Lipinski definition) is 1. The van der Waals surface area contributed by atoms with Crippen molar-refractivity contribution in [3.63, 3.8) is 0 Å². The van der Waals surface area contributed by atoms with Crippen LogP contribution in [0.5, 0.6) is 0 Å². The second-order valence-corrected chi connectivity index (χ2v) is 4.10. The highest BCUT2D eigenvalue weighted by atomic mass is 16.3. The van der Waals surface area contributed by atoms with Crippen LogP contribution in [0.15, 0.2) is 11.1 Å². The molecule has 1 N–H and O–H groups in total. The molecule has 0 aliphatic heterocycles. The van der Waals surface area contributed by atoms with Gasteiger partial charge in [-0.2, -0.15) is 0 Å². The topological polar surface area (TPSA) is 20.2 Å². The van der Waals surface area contributed by atoms with Crippen molar-refractivity contribution < 1.29 is 5.11 Å². The summed E-state index contributed by atoms with van der Waals surface area (Å²) in [6.45, 7) is 6.36. The summed E-state index contributed by atoms with van der Waals surface area (Å²) in [5.41, 5.74) is 2.86. The molecule has 0 aromatic rings. The average molecular weight is 168 g/mol. The third kappa shape index (κ3) is 2.34. The number of allylic oxidation sites excluding steroid dienone is 1. The lowest BCUT2D eigenvalue weighted by atomic mass is 10.1. The van der Waals surface area contributed by atoms with E-state index >= 15 is 0 Å². The Kier molecular flexibility index (Phi) is 3.33. The maximum atomic E-state index is 9.68. The number of hydrogen-bond donors (Lipinski definition) is 1. The number of aliphatic hydroxyl groups is 1. The molecule has 1 rings (SSSR count). The fourth-order valence-corrected chi connectivity index (χ4v) is 1.54. The van der Waals surface area contributed by atoms with E-state index in [1.165, 1.54) is 30.4 Å². The molecule has 1 aliphatic carbocycles. The van der Waals surface area contributed by atoms with Gasteiger partial charge >= 0.3 is 0 Å². The lowest BCUT2D eigenvalue weighted by Crippen LogP contribution is -2.12. The van der Waals surface area contributed by atoms with Crippen molar-refractivity contribution in [3.05, 3.63) is 11.1 Å². The SMILES string of the molecule is CCCCC1=C([C@@H](O)C(C)C)C1. The van der Waals surface area contributed by atoms with Gasteiger partial charge in [0.1, 0.15) is 0 Å². The Morgan fingerprint density at radius 3 is 2.58 bits per heavy atom. The van der Waals surface area contributed by atoms with Crippen LogP contribution in [0.25, 0.3) is 0 Å². The van der Waals surface area contributed by atoms with Crippen LogP contribution in [0.3, 0.4) is 0 Å². The summed E-state index contributed by atoms with van der Waals surface area (Å²) in [6, 6.07) is 0. The minimum absolute atomic E-state index is 0.156. The van der Waals surface area contributed by atoms with E-state index in [9.17, 15) is 5.11 Å². The summed E-state index contributed by atoms with van der Waals surface area (Å²) < 4.78 is 0. The van der Waals surface area contributed by atoms with Crippen LogP contribution in [0, 0.1) is 5.92 Å². The van der Waals surface area contributed by atoms with Crippen LogP contribution < -0.4 is 0 Å². The summed E-state index contributed by atoms with van der Waals surface area (Å²) in [5.74, 6) is 0.388. The fraction of sp³-hybridized carbons (Fsp3) is 0.818. The highest BCUT2D eigenvalue weighted by molar-refractivity contribution is 5.38. The smallest absolute Gasteiger partial charge is 0.0778 e. The van der Waals surface area contributed by atoms with Gasteiger partial charge in [0.15, 0.2) is 0 Å². The molecule has 12 heavy (non-hydrogen) atoms. The van der Waals surface area contributed by atoms with E-state index in [0.29, 0.717) is 5.92 Å². The van der Waals surface area contributed by atoms with Gasteiger partial charge in [0, 0.05) is 0 Å². The first-order chi connectivity index (χ1) is 5.66. The molecule has 1 atom stereocenters. The third-order valence-corrected chi connectivity index (χ3v) is 2.55. The van der Waals surface area contributed by atoms with Crippen molar-refractivity contribution in [2.75, 3.05) is 0 Å². The number of aliphatic hydroxyl groups excluding tert-OH is 1. The maximum Gasteiger partial charge on any atom is 0.0778 e. The van der Waals surface area contributed by atoms with E-state index in [1.54, 1.807) is 0 Å². The normalized spacial score (nSPS) is 18.8. The van der Waals surface area contributed by atoms with E-state index in [2.05, 4.69) is 20.8 Å². The standard InChI is InChI=1S/C11H20O/c1-4-5-6-9-7-10(9)11(12)8(2)3/h8,11-12H,4-7H2,1-3H3/t11-/m0/s1. The van der Waals surface area contributed by atoms with E-state index < -0.39 is 0 Å². The second-order valence-electron chi connectivity index (χ2n) is 4.10. The molecule has 1 heteroatoms. The van der Waals surface area contributed by atoms with Gasteiger partial charge in [-0.1, -0.05) is 32.8 Å². The highest BCUT2D eigenvalue weighted by Gasteiger charge is 2.28. The molecule has 0 aromatic heterocycles. The first-order valence-corrected chi connectivity index (χ1v) is 5.05. The summed E-state index contributed by atoms with van der Waals surface area (Å²) in [4.78, 5) is 0. The highest BCUT2D eigenvalue weighted by Crippen LogP contribution is 2.39. The molecule has 0 heterocycles. The second kappa shape index (κ2) is 4.08. The van der Waals surface area contributed by atoms with Gasteiger partial charge in [0.25, 0.3) is 0 Å². The summed E-state index contributed by atoms with van der Waals surface area (Å²) >= 11 is 0. The van der Waals surface area contributed by atoms with E-state index in [-0.39, 0.29) is 6.10 Å². The molecular formula is C11H20O. The Hall–Kier alpha value is -0.300. The zero-order valence-corrected chi connectivity index (χ0v) is 8.43. The molecule has 0 radical (unpaired) electrons. The quantitative estimate of drug-likeness (QED) is 0.626. The Morgan fingerprint density at radius 2 is 2.08 bits per heavy atom. The van der Waals surface area contributed by atoms with Crippen LogP contribution in [-0.4, -0.2) is 11.2 Å². The van der Waals surface area contributed by atoms with Crippen molar-refractivity contribution in [2.24, 2.45) is 5.92 Å². The van der Waals surface area contributed by atoms with Crippen LogP contribution in [-0.2, 0) is 0 Å². The van der Waals surface area contributed by atoms with Crippen molar-refractivity contribution in [1.29, 1.82) is 0 Å². The molecular weight excluding hydrogens is 148 g/mol. The van der Waals surface area contributed by atoms with E-state index in [0.717, 1.165) is 6.42 Å². The molecule has 0 fully saturated rings. The molecule has 0 spiro atoms. The van der Waals surface area contributed by atoms with Crippen molar-refractivity contribution in [2.45, 2.75) is 52.6 Å².